The molecule has 0 bridgehead atoms. The highest BCUT2D eigenvalue weighted by atomic mass is 31.2. The van der Waals surface area contributed by atoms with Gasteiger partial charge in [-0.2, -0.15) is 0 Å². The standard InChI is InChI=1S/C51H83N2O6P/c1-6-8-10-12-14-15-16-17-18-19-20-21-22-23-24-25-26-27-28-29-30-31-32-33-34-35-36-37-39-41-43-45-51(55)52-49(50(54)44-42-40-38-13-11-9-7-2)48-59-60(56,57)58-47-46-53(3,4)5/h8,10-11,13-15,17-18,20-21,23-24,26-27,29-30,32-33,35-36,42,44,49-50,54H,6-7,9,12,16,19,22,25,28,31,34,37-41,43,45-48H2,1-5H3,(H-,52,55,56,57)/p+1/b10-8-,13-11+,15-14-,18-17-,21-20-,24-23-,27-26-,30-29-,33-32-,36-35-,44-42+. The molecule has 0 radical (unpaired) electrons. The minimum atomic E-state index is -4.36. The Balaban J connectivity index is 4.26. The van der Waals surface area contributed by atoms with Crippen LogP contribution in [0.1, 0.15) is 129 Å². The zero-order valence-corrected chi connectivity index (χ0v) is 39.0. The van der Waals surface area contributed by atoms with Crippen molar-refractivity contribution in [3.63, 3.8) is 0 Å². The fraction of sp³-hybridized carbons (Fsp3) is 0.549. The van der Waals surface area contributed by atoms with Crippen molar-refractivity contribution in [2.24, 2.45) is 0 Å². The topological polar surface area (TPSA) is 105 Å². The number of phosphoric acid groups is 1. The van der Waals surface area contributed by atoms with E-state index >= 15 is 0 Å². The van der Waals surface area contributed by atoms with Gasteiger partial charge in [0, 0.05) is 6.42 Å². The van der Waals surface area contributed by atoms with Crippen molar-refractivity contribution in [3.05, 3.63) is 134 Å². The van der Waals surface area contributed by atoms with E-state index in [4.69, 9.17) is 9.05 Å². The maximum atomic E-state index is 12.8. The molecule has 0 aliphatic rings. The highest BCUT2D eigenvalue weighted by molar-refractivity contribution is 7.47. The van der Waals surface area contributed by atoms with Gasteiger partial charge in [-0.25, -0.2) is 4.57 Å². The lowest BCUT2D eigenvalue weighted by Gasteiger charge is -2.25. The highest BCUT2D eigenvalue weighted by Gasteiger charge is 2.27. The Kier molecular flexibility index (Phi) is 38.7. The molecular weight excluding hydrogens is 768 g/mol. The van der Waals surface area contributed by atoms with E-state index < -0.39 is 20.0 Å². The van der Waals surface area contributed by atoms with Gasteiger partial charge in [0.05, 0.1) is 39.9 Å². The molecule has 3 unspecified atom stereocenters. The van der Waals surface area contributed by atoms with Crippen LogP contribution in [0.4, 0.5) is 0 Å². The molecule has 0 aliphatic carbocycles. The number of hydrogen-bond donors (Lipinski definition) is 3. The molecule has 0 fully saturated rings. The van der Waals surface area contributed by atoms with Crippen molar-refractivity contribution in [3.8, 4) is 0 Å². The second-order valence-electron chi connectivity index (χ2n) is 15.7. The molecule has 0 saturated heterocycles. The molecule has 0 aromatic rings. The number of rotatable bonds is 38. The molecule has 3 atom stereocenters. The Hall–Kier alpha value is -3.36. The van der Waals surface area contributed by atoms with Gasteiger partial charge < -0.3 is 19.8 Å². The van der Waals surface area contributed by atoms with Crippen molar-refractivity contribution >= 4 is 13.7 Å². The maximum absolute atomic E-state index is 12.8. The van der Waals surface area contributed by atoms with Crippen LogP contribution in [-0.4, -0.2) is 73.4 Å². The number of nitrogens with one attached hydrogen (secondary N) is 1. The summed E-state index contributed by atoms with van der Waals surface area (Å²) in [5.41, 5.74) is 0. The fourth-order valence-electron chi connectivity index (χ4n) is 5.29. The molecule has 0 aromatic heterocycles. The van der Waals surface area contributed by atoms with Crippen LogP contribution in [0.15, 0.2) is 134 Å². The van der Waals surface area contributed by atoms with Gasteiger partial charge >= 0.3 is 7.82 Å². The zero-order valence-electron chi connectivity index (χ0n) is 38.1. The highest BCUT2D eigenvalue weighted by Crippen LogP contribution is 2.43. The first kappa shape index (κ1) is 56.6. The lowest BCUT2D eigenvalue weighted by atomic mass is 10.1. The first-order valence-electron chi connectivity index (χ1n) is 22.6. The molecular formula is C51H84N2O6P+. The van der Waals surface area contributed by atoms with E-state index in [2.05, 4.69) is 141 Å². The summed E-state index contributed by atoms with van der Waals surface area (Å²) in [5, 5.41) is 13.6. The van der Waals surface area contributed by atoms with Crippen LogP contribution in [0.5, 0.6) is 0 Å². The van der Waals surface area contributed by atoms with E-state index in [0.29, 0.717) is 23.9 Å². The van der Waals surface area contributed by atoms with Crippen molar-refractivity contribution in [1.82, 2.24) is 5.32 Å². The normalized spacial score (nSPS) is 15.5. The summed E-state index contributed by atoms with van der Waals surface area (Å²) in [6.07, 6.45) is 62.8. The molecule has 0 saturated carbocycles. The summed E-state index contributed by atoms with van der Waals surface area (Å²) in [5.74, 6) is -0.232. The van der Waals surface area contributed by atoms with Gasteiger partial charge in [0.2, 0.25) is 5.91 Å². The number of hydrogen-bond acceptors (Lipinski definition) is 5. The maximum Gasteiger partial charge on any atom is 0.472 e. The van der Waals surface area contributed by atoms with Gasteiger partial charge in [-0.1, -0.05) is 160 Å². The summed E-state index contributed by atoms with van der Waals surface area (Å²) in [6.45, 7) is 4.49. The van der Waals surface area contributed by atoms with Gasteiger partial charge in [0.1, 0.15) is 13.2 Å². The van der Waals surface area contributed by atoms with Gasteiger partial charge in [-0.05, 0) is 96.3 Å². The van der Waals surface area contributed by atoms with Crippen LogP contribution >= 0.6 is 7.82 Å². The number of nitrogens with zero attached hydrogens (tertiary/aromatic N) is 1. The number of aliphatic hydroxyl groups is 1. The number of aliphatic hydroxyl groups excluding tert-OH is 1. The Morgan fingerprint density at radius 2 is 1.02 bits per heavy atom. The van der Waals surface area contributed by atoms with Crippen molar-refractivity contribution in [1.29, 1.82) is 0 Å². The van der Waals surface area contributed by atoms with E-state index in [0.717, 1.165) is 103 Å². The molecule has 338 valence electrons. The monoisotopic (exact) mass is 852 g/mol. The first-order valence-corrected chi connectivity index (χ1v) is 24.1. The second-order valence-corrected chi connectivity index (χ2v) is 17.1. The van der Waals surface area contributed by atoms with Crippen molar-refractivity contribution < 1.29 is 32.9 Å². The molecule has 1 amide bonds. The Bertz CT molecular complexity index is 1430. The molecule has 0 spiro atoms. The molecule has 0 heterocycles. The van der Waals surface area contributed by atoms with Gasteiger partial charge in [-0.3, -0.25) is 13.8 Å². The van der Waals surface area contributed by atoms with Gasteiger partial charge in [-0.15, -0.1) is 0 Å². The second kappa shape index (κ2) is 41.0. The summed E-state index contributed by atoms with van der Waals surface area (Å²) < 4.78 is 23.4. The Morgan fingerprint density at radius 3 is 1.48 bits per heavy atom. The Labute approximate surface area is 366 Å². The summed E-state index contributed by atoms with van der Waals surface area (Å²) in [4.78, 5) is 23.0. The molecule has 9 heteroatoms. The van der Waals surface area contributed by atoms with Crippen LogP contribution in [0.3, 0.4) is 0 Å². The average Bonchev–Trinajstić information content (AvgIpc) is 3.20. The third kappa shape index (κ3) is 42.8. The van der Waals surface area contributed by atoms with E-state index in [1.807, 2.05) is 27.2 Å². The minimum Gasteiger partial charge on any atom is -0.387 e. The SMILES string of the molecule is CC/C=C\C/C=C\C/C=C\C/C=C\C/C=C\C/C=C\C/C=C\C/C=C\C/C=C\CCCCCC(=O)NC(COP(=O)(O)OCC[N+](C)(C)C)C(O)/C=C/CC/C=C/CCC. The average molecular weight is 852 g/mol. The molecule has 0 aliphatic heterocycles. The van der Waals surface area contributed by atoms with Crippen LogP contribution in [-0.2, 0) is 18.4 Å². The van der Waals surface area contributed by atoms with E-state index in [1.165, 1.54) is 0 Å². The molecule has 60 heavy (non-hydrogen) atoms. The zero-order chi connectivity index (χ0) is 44.3. The van der Waals surface area contributed by atoms with Crippen LogP contribution in [0.2, 0.25) is 0 Å². The lowest BCUT2D eigenvalue weighted by molar-refractivity contribution is -0.870. The third-order valence-electron chi connectivity index (χ3n) is 8.84. The lowest BCUT2D eigenvalue weighted by Crippen LogP contribution is -2.45. The molecule has 0 rings (SSSR count). The summed E-state index contributed by atoms with van der Waals surface area (Å²) in [6, 6.07) is -0.888. The fourth-order valence-corrected chi connectivity index (χ4v) is 6.02. The number of allylic oxidation sites excluding steroid dienone is 21. The van der Waals surface area contributed by atoms with Gasteiger partial charge in [0.25, 0.3) is 0 Å². The third-order valence-corrected chi connectivity index (χ3v) is 9.82. The van der Waals surface area contributed by atoms with Crippen molar-refractivity contribution in [2.45, 2.75) is 142 Å². The molecule has 8 nitrogen and oxygen atoms in total. The first-order chi connectivity index (χ1) is 29.0. The minimum absolute atomic E-state index is 0.0403. The number of quaternary nitrogens is 1. The number of carbonyl (C=O) groups excluding carboxylic acids is 1. The van der Waals surface area contributed by atoms with Gasteiger partial charge in [0.15, 0.2) is 0 Å². The summed E-state index contributed by atoms with van der Waals surface area (Å²) in [7, 11) is 1.50. The van der Waals surface area contributed by atoms with Crippen molar-refractivity contribution in [2.75, 3.05) is 40.9 Å². The van der Waals surface area contributed by atoms with E-state index in [-0.39, 0.29) is 19.1 Å². The quantitative estimate of drug-likeness (QED) is 0.0247. The molecule has 0 aromatic carbocycles. The number of likely N-dealkylation sites (N-methyl/N-ethyl adjacent to an activating group) is 1. The van der Waals surface area contributed by atoms with Crippen LogP contribution < -0.4 is 5.32 Å². The number of phosphoric ester groups is 1. The predicted octanol–water partition coefficient (Wildman–Crippen LogP) is 12.9. The van der Waals surface area contributed by atoms with Crippen LogP contribution in [0.25, 0.3) is 0 Å². The Morgan fingerprint density at radius 1 is 0.583 bits per heavy atom. The number of unbranched alkanes of at least 4 members (excludes halogenated alkanes) is 5. The largest absolute Gasteiger partial charge is 0.472 e. The smallest absolute Gasteiger partial charge is 0.387 e. The predicted molar refractivity (Wildman–Crippen MR) is 258 cm³/mol. The van der Waals surface area contributed by atoms with E-state index in [9.17, 15) is 19.4 Å². The van der Waals surface area contributed by atoms with Crippen LogP contribution in [0, 0.1) is 0 Å². The molecule has 3 N–H and O–H groups in total. The number of amides is 1. The summed E-state index contributed by atoms with van der Waals surface area (Å²) >= 11 is 0. The van der Waals surface area contributed by atoms with E-state index in [1.54, 1.807) is 6.08 Å². The number of carbonyl (C=O) groups is 1.